The van der Waals surface area contributed by atoms with Gasteiger partial charge in [0.15, 0.2) is 11.8 Å². The lowest BCUT2D eigenvalue weighted by Crippen LogP contribution is -2.42. The van der Waals surface area contributed by atoms with Crippen LogP contribution in [0.25, 0.3) is 0 Å². The smallest absolute Gasteiger partial charge is 0.328 e. The van der Waals surface area contributed by atoms with E-state index in [-0.39, 0.29) is 5.78 Å². The van der Waals surface area contributed by atoms with Crippen LogP contribution >= 0.6 is 0 Å². The molecule has 0 aliphatic heterocycles. The van der Waals surface area contributed by atoms with Crippen LogP contribution in [0, 0.1) is 0 Å². The first-order valence-corrected chi connectivity index (χ1v) is 10.1. The van der Waals surface area contributed by atoms with E-state index in [0.29, 0.717) is 6.54 Å². The molecule has 0 radical (unpaired) electrons. The zero-order valence-electron chi connectivity index (χ0n) is 15.9. The Morgan fingerprint density at radius 2 is 1.12 bits per heavy atom. The molecule has 0 heterocycles. The van der Waals surface area contributed by atoms with Crippen LogP contribution in [0.4, 0.5) is 0 Å². The standard InChI is InChI=1S/C20H39NO3/c1-3-4-5-6-7-8-9-10-11-12-13-14-15-16-17-21-19(18(2)22)20(23)24/h19,21H,3-17H2,1-2H3,(H,23,24). The maximum absolute atomic E-state index is 11.1. The number of carboxylic acids is 1. The molecule has 0 rings (SSSR count). The Kier molecular flexibility index (Phi) is 16.3. The van der Waals surface area contributed by atoms with Crippen molar-refractivity contribution < 1.29 is 14.7 Å². The van der Waals surface area contributed by atoms with E-state index in [1.807, 2.05) is 0 Å². The molecule has 24 heavy (non-hydrogen) atoms. The summed E-state index contributed by atoms with van der Waals surface area (Å²) in [5, 5.41) is 11.7. The van der Waals surface area contributed by atoms with Crippen LogP contribution in [0.1, 0.15) is 104 Å². The average molecular weight is 342 g/mol. The number of aliphatic carboxylic acids is 1. The van der Waals surface area contributed by atoms with E-state index in [1.54, 1.807) is 0 Å². The first-order chi connectivity index (χ1) is 11.6. The zero-order chi connectivity index (χ0) is 18.0. The Bertz CT molecular complexity index is 304. The van der Waals surface area contributed by atoms with Crippen LogP contribution in [0.15, 0.2) is 0 Å². The van der Waals surface area contributed by atoms with Crippen molar-refractivity contribution in [2.45, 2.75) is 110 Å². The summed E-state index contributed by atoms with van der Waals surface area (Å²) in [5.41, 5.74) is 0. The summed E-state index contributed by atoms with van der Waals surface area (Å²) >= 11 is 0. The lowest BCUT2D eigenvalue weighted by atomic mass is 10.0. The maximum atomic E-state index is 11.1. The Hall–Kier alpha value is -0.900. The lowest BCUT2D eigenvalue weighted by molar-refractivity contribution is -0.142. The summed E-state index contributed by atoms with van der Waals surface area (Å²) in [6, 6.07) is -1.04. The Balaban J connectivity index is 3.23. The second-order valence-corrected chi connectivity index (χ2v) is 6.93. The number of ketones is 1. The normalized spacial score (nSPS) is 12.2. The van der Waals surface area contributed by atoms with Crippen molar-refractivity contribution in [1.29, 1.82) is 0 Å². The van der Waals surface area contributed by atoms with Gasteiger partial charge in [0.2, 0.25) is 0 Å². The molecule has 0 bridgehead atoms. The molecule has 2 N–H and O–H groups in total. The second kappa shape index (κ2) is 16.9. The molecule has 1 unspecified atom stereocenters. The molecule has 0 fully saturated rings. The molecule has 0 aliphatic rings. The highest BCUT2D eigenvalue weighted by Crippen LogP contribution is 2.12. The largest absolute Gasteiger partial charge is 0.480 e. The van der Waals surface area contributed by atoms with Gasteiger partial charge in [0, 0.05) is 0 Å². The lowest BCUT2D eigenvalue weighted by Gasteiger charge is -2.10. The van der Waals surface area contributed by atoms with Crippen molar-refractivity contribution in [2.24, 2.45) is 0 Å². The predicted octanol–water partition coefficient (Wildman–Crippen LogP) is 5.10. The molecule has 4 nitrogen and oxygen atoms in total. The van der Waals surface area contributed by atoms with E-state index in [1.165, 1.54) is 84.0 Å². The third-order valence-electron chi connectivity index (χ3n) is 4.53. The first kappa shape index (κ1) is 23.1. The van der Waals surface area contributed by atoms with Gasteiger partial charge in [0.1, 0.15) is 0 Å². The third kappa shape index (κ3) is 14.7. The molecular formula is C20H39NO3. The SMILES string of the molecule is CCCCCCCCCCCCCCCCNC(C(C)=O)C(=O)O. The molecule has 0 aromatic rings. The van der Waals surface area contributed by atoms with Crippen molar-refractivity contribution in [2.75, 3.05) is 6.54 Å². The fourth-order valence-corrected chi connectivity index (χ4v) is 2.97. The molecule has 0 amide bonds. The van der Waals surface area contributed by atoms with Gasteiger partial charge in [-0.05, 0) is 19.9 Å². The van der Waals surface area contributed by atoms with Crippen molar-refractivity contribution in [3.8, 4) is 0 Å². The molecular weight excluding hydrogens is 302 g/mol. The van der Waals surface area contributed by atoms with E-state index >= 15 is 0 Å². The molecule has 1 atom stereocenters. The Morgan fingerprint density at radius 3 is 1.46 bits per heavy atom. The van der Waals surface area contributed by atoms with Gasteiger partial charge in [-0.1, -0.05) is 90.4 Å². The quantitative estimate of drug-likeness (QED) is 0.269. The molecule has 142 valence electrons. The van der Waals surface area contributed by atoms with Crippen molar-refractivity contribution in [3.05, 3.63) is 0 Å². The van der Waals surface area contributed by atoms with E-state index in [4.69, 9.17) is 5.11 Å². The number of hydrogen-bond acceptors (Lipinski definition) is 3. The highest BCUT2D eigenvalue weighted by molar-refractivity contribution is 6.01. The van der Waals surface area contributed by atoms with Gasteiger partial charge in [-0.25, -0.2) is 0 Å². The monoisotopic (exact) mass is 341 g/mol. The summed E-state index contributed by atoms with van der Waals surface area (Å²) in [4.78, 5) is 22.0. The zero-order valence-corrected chi connectivity index (χ0v) is 15.9. The van der Waals surface area contributed by atoms with Crippen molar-refractivity contribution in [1.82, 2.24) is 5.32 Å². The fraction of sp³-hybridized carbons (Fsp3) is 0.900. The van der Waals surface area contributed by atoms with E-state index in [9.17, 15) is 9.59 Å². The number of carbonyl (C=O) groups excluding carboxylic acids is 1. The van der Waals surface area contributed by atoms with Crippen LogP contribution < -0.4 is 5.32 Å². The minimum absolute atomic E-state index is 0.326. The number of hydrogen-bond donors (Lipinski definition) is 2. The minimum Gasteiger partial charge on any atom is -0.480 e. The van der Waals surface area contributed by atoms with E-state index < -0.39 is 12.0 Å². The van der Waals surface area contributed by atoms with Gasteiger partial charge in [-0.15, -0.1) is 0 Å². The number of nitrogens with one attached hydrogen (secondary N) is 1. The number of rotatable bonds is 18. The summed E-state index contributed by atoms with van der Waals surface area (Å²) < 4.78 is 0. The predicted molar refractivity (Wildman–Crippen MR) is 100 cm³/mol. The van der Waals surface area contributed by atoms with Crippen LogP contribution in [0.2, 0.25) is 0 Å². The van der Waals surface area contributed by atoms with Gasteiger partial charge < -0.3 is 5.11 Å². The average Bonchev–Trinajstić information content (AvgIpc) is 2.53. The highest BCUT2D eigenvalue weighted by Gasteiger charge is 2.20. The van der Waals surface area contributed by atoms with Gasteiger partial charge in [-0.3, -0.25) is 14.9 Å². The minimum atomic E-state index is -1.08. The van der Waals surface area contributed by atoms with Crippen LogP contribution in [-0.4, -0.2) is 29.4 Å². The molecule has 0 aliphatic carbocycles. The molecule has 0 aromatic heterocycles. The molecule has 0 aromatic carbocycles. The van der Waals surface area contributed by atoms with Gasteiger partial charge in [0.05, 0.1) is 0 Å². The molecule has 0 spiro atoms. The summed E-state index contributed by atoms with van der Waals surface area (Å²) in [5.74, 6) is -1.40. The Morgan fingerprint density at radius 1 is 0.750 bits per heavy atom. The Labute approximate surface area is 148 Å². The summed E-state index contributed by atoms with van der Waals surface area (Å²) in [6.07, 6.45) is 18.3. The van der Waals surface area contributed by atoms with Gasteiger partial charge in [0.25, 0.3) is 0 Å². The molecule has 4 heteroatoms. The van der Waals surface area contributed by atoms with Gasteiger partial charge >= 0.3 is 5.97 Å². The number of unbranched alkanes of at least 4 members (excludes halogenated alkanes) is 13. The third-order valence-corrected chi connectivity index (χ3v) is 4.53. The molecule has 0 saturated heterocycles. The summed E-state index contributed by atoms with van der Waals surface area (Å²) in [6.45, 7) is 4.18. The number of carboxylic acid groups (broad SMARTS) is 1. The van der Waals surface area contributed by atoms with Crippen LogP contribution in [0.5, 0.6) is 0 Å². The number of carbonyl (C=O) groups is 2. The van der Waals surface area contributed by atoms with Crippen molar-refractivity contribution in [3.63, 3.8) is 0 Å². The van der Waals surface area contributed by atoms with E-state index in [0.717, 1.165) is 12.8 Å². The van der Waals surface area contributed by atoms with Gasteiger partial charge in [-0.2, -0.15) is 0 Å². The summed E-state index contributed by atoms with van der Waals surface area (Å²) in [7, 11) is 0. The first-order valence-electron chi connectivity index (χ1n) is 10.1. The van der Waals surface area contributed by atoms with Crippen LogP contribution in [-0.2, 0) is 9.59 Å². The highest BCUT2D eigenvalue weighted by atomic mass is 16.4. The van der Waals surface area contributed by atoms with Crippen molar-refractivity contribution >= 4 is 11.8 Å². The molecule has 0 saturated carbocycles. The second-order valence-electron chi connectivity index (χ2n) is 6.93. The fourth-order valence-electron chi connectivity index (χ4n) is 2.97. The van der Waals surface area contributed by atoms with E-state index in [2.05, 4.69) is 12.2 Å². The maximum Gasteiger partial charge on any atom is 0.328 e. The number of Topliss-reactive ketones (excluding diaryl/α,β-unsaturated/α-hetero) is 1. The topological polar surface area (TPSA) is 66.4 Å². The van der Waals surface area contributed by atoms with Crippen LogP contribution in [0.3, 0.4) is 0 Å².